The van der Waals surface area contributed by atoms with Crippen LogP contribution in [0.1, 0.15) is 55.5 Å². The number of Topliss-reactive ketones (excluding diaryl/α,β-unsaturated/α-hetero) is 1. The molecule has 0 aliphatic rings. The number of hydrogen-bond donors (Lipinski definition) is 0. The number of esters is 1. The van der Waals surface area contributed by atoms with E-state index < -0.39 is 11.6 Å². The first-order valence-electron chi connectivity index (χ1n) is 9.88. The van der Waals surface area contributed by atoms with E-state index in [0.717, 1.165) is 5.56 Å². The third kappa shape index (κ3) is 8.76. The second-order valence-electron chi connectivity index (χ2n) is 7.13. The zero-order valence-electron chi connectivity index (χ0n) is 17.1. The van der Waals surface area contributed by atoms with Crippen molar-refractivity contribution < 1.29 is 19.1 Å². The number of ether oxygens (including phenoxy) is 2. The Bertz CT molecular complexity index is 833. The van der Waals surface area contributed by atoms with Gasteiger partial charge in [0, 0.05) is 12.8 Å². The van der Waals surface area contributed by atoms with Crippen LogP contribution in [0.4, 0.5) is 0 Å². The largest absolute Gasteiger partial charge is 0.443 e. The Morgan fingerprint density at radius 1 is 1.00 bits per heavy atom. The molecule has 4 heteroatoms. The molecule has 0 saturated carbocycles. The fourth-order valence-corrected chi connectivity index (χ4v) is 2.79. The third-order valence-electron chi connectivity index (χ3n) is 4.35. The number of benzene rings is 2. The first-order valence-corrected chi connectivity index (χ1v) is 9.88. The molecule has 2 aromatic carbocycles. The predicted octanol–water partition coefficient (Wildman–Crippen LogP) is 4.97. The predicted molar refractivity (Wildman–Crippen MR) is 113 cm³/mol. The molecule has 0 heterocycles. The van der Waals surface area contributed by atoms with Crippen molar-refractivity contribution in [1.82, 2.24) is 0 Å². The molecular weight excluding hydrogens is 364 g/mol. The van der Waals surface area contributed by atoms with E-state index in [-0.39, 0.29) is 5.78 Å². The van der Waals surface area contributed by atoms with Gasteiger partial charge in [-0.05, 0) is 44.4 Å². The van der Waals surface area contributed by atoms with Crippen LogP contribution in [0.5, 0.6) is 0 Å². The minimum absolute atomic E-state index is 0.115. The van der Waals surface area contributed by atoms with Crippen molar-refractivity contribution in [3.8, 4) is 11.8 Å². The Hall–Kier alpha value is -2.90. The molecule has 2 rings (SSSR count). The summed E-state index contributed by atoms with van der Waals surface area (Å²) in [5.74, 6) is 5.86. The second-order valence-corrected chi connectivity index (χ2v) is 7.13. The minimum Gasteiger partial charge on any atom is -0.443 e. The molecule has 0 spiro atoms. The van der Waals surface area contributed by atoms with Gasteiger partial charge in [0.25, 0.3) is 0 Å². The van der Waals surface area contributed by atoms with Crippen LogP contribution >= 0.6 is 0 Å². The van der Waals surface area contributed by atoms with Crippen LogP contribution in [-0.4, -0.2) is 24.0 Å². The third-order valence-corrected chi connectivity index (χ3v) is 4.35. The Labute approximate surface area is 173 Å². The second kappa shape index (κ2) is 11.8. The van der Waals surface area contributed by atoms with E-state index >= 15 is 0 Å². The molecule has 1 atom stereocenters. The van der Waals surface area contributed by atoms with Gasteiger partial charge in [-0.3, -0.25) is 0 Å². The number of ketones is 1. The molecule has 152 valence electrons. The summed E-state index contributed by atoms with van der Waals surface area (Å²) in [6.07, 6.45) is 2.11. The topological polar surface area (TPSA) is 52.6 Å². The van der Waals surface area contributed by atoms with Gasteiger partial charge in [0.1, 0.15) is 5.78 Å². The molecule has 0 aliphatic heterocycles. The summed E-state index contributed by atoms with van der Waals surface area (Å²) in [7, 11) is 0. The highest BCUT2D eigenvalue weighted by molar-refractivity contribution is 5.89. The number of hydrogen-bond acceptors (Lipinski definition) is 4. The smallest absolute Gasteiger partial charge is 0.339 e. The van der Waals surface area contributed by atoms with E-state index in [2.05, 4.69) is 11.8 Å². The maximum atomic E-state index is 12.5. The van der Waals surface area contributed by atoms with Gasteiger partial charge in [0.15, 0.2) is 5.60 Å². The average molecular weight is 392 g/mol. The lowest BCUT2D eigenvalue weighted by atomic mass is 9.98. The molecule has 29 heavy (non-hydrogen) atoms. The Kier molecular flexibility index (Phi) is 9.14. The van der Waals surface area contributed by atoms with Crippen LogP contribution in [0.25, 0.3) is 0 Å². The molecule has 0 saturated heterocycles. The Balaban J connectivity index is 1.91. The fourth-order valence-electron chi connectivity index (χ4n) is 2.79. The summed E-state index contributed by atoms with van der Waals surface area (Å²) in [5.41, 5.74) is 0.659. The van der Waals surface area contributed by atoms with E-state index in [4.69, 9.17) is 9.47 Å². The average Bonchev–Trinajstić information content (AvgIpc) is 2.71. The highest BCUT2D eigenvalue weighted by Gasteiger charge is 2.27. The molecule has 0 radical (unpaired) electrons. The van der Waals surface area contributed by atoms with Crippen molar-refractivity contribution in [3.05, 3.63) is 71.8 Å². The van der Waals surface area contributed by atoms with Crippen LogP contribution < -0.4 is 0 Å². The van der Waals surface area contributed by atoms with Gasteiger partial charge in [-0.1, -0.05) is 60.4 Å². The summed E-state index contributed by atoms with van der Waals surface area (Å²) in [5, 5.41) is 0. The number of carbonyl (C=O) groups is 2. The zero-order chi connectivity index (χ0) is 21.0. The SMILES string of the molecule is CC(=O)CCCC(C)(C#CCCOCc1ccccc1)OC(=O)c1ccccc1. The molecule has 0 fully saturated rings. The van der Waals surface area contributed by atoms with Gasteiger partial charge in [0.2, 0.25) is 0 Å². The molecule has 4 nitrogen and oxygen atoms in total. The summed E-state index contributed by atoms with van der Waals surface area (Å²) in [4.78, 5) is 23.7. The molecule has 2 aromatic rings. The van der Waals surface area contributed by atoms with E-state index in [1.807, 2.05) is 36.4 Å². The Morgan fingerprint density at radius 2 is 1.66 bits per heavy atom. The van der Waals surface area contributed by atoms with E-state index in [0.29, 0.717) is 44.5 Å². The molecule has 0 N–H and O–H groups in total. The van der Waals surface area contributed by atoms with Crippen molar-refractivity contribution in [1.29, 1.82) is 0 Å². The van der Waals surface area contributed by atoms with Gasteiger partial charge in [-0.2, -0.15) is 0 Å². The van der Waals surface area contributed by atoms with Gasteiger partial charge in [-0.15, -0.1) is 0 Å². The van der Waals surface area contributed by atoms with E-state index in [9.17, 15) is 9.59 Å². The maximum absolute atomic E-state index is 12.5. The van der Waals surface area contributed by atoms with Crippen molar-refractivity contribution in [2.24, 2.45) is 0 Å². The molecule has 0 bridgehead atoms. The standard InChI is InChI=1S/C25H28O4/c1-21(26)12-11-18-25(2,29-24(27)23-15-7-4-8-16-23)17-9-10-19-28-20-22-13-5-3-6-14-22/h3-8,13-16H,10-12,18-20H2,1-2H3. The quantitative estimate of drug-likeness (QED) is 0.325. The molecule has 0 aliphatic carbocycles. The van der Waals surface area contributed by atoms with Crippen LogP contribution in [0.2, 0.25) is 0 Å². The lowest BCUT2D eigenvalue weighted by Crippen LogP contribution is -2.30. The van der Waals surface area contributed by atoms with Gasteiger partial charge < -0.3 is 14.3 Å². The van der Waals surface area contributed by atoms with Gasteiger partial charge >= 0.3 is 5.97 Å². The van der Waals surface area contributed by atoms with Crippen molar-refractivity contribution >= 4 is 11.8 Å². The Morgan fingerprint density at radius 3 is 2.31 bits per heavy atom. The maximum Gasteiger partial charge on any atom is 0.339 e. The summed E-state index contributed by atoms with van der Waals surface area (Å²) < 4.78 is 11.4. The zero-order valence-corrected chi connectivity index (χ0v) is 17.1. The van der Waals surface area contributed by atoms with Crippen molar-refractivity contribution in [2.75, 3.05) is 6.61 Å². The number of carbonyl (C=O) groups excluding carboxylic acids is 2. The van der Waals surface area contributed by atoms with Crippen molar-refractivity contribution in [2.45, 2.75) is 51.7 Å². The van der Waals surface area contributed by atoms with Gasteiger partial charge in [-0.25, -0.2) is 4.79 Å². The van der Waals surface area contributed by atoms with Crippen LogP contribution in [0.15, 0.2) is 60.7 Å². The number of rotatable bonds is 10. The van der Waals surface area contributed by atoms with Crippen LogP contribution in [-0.2, 0) is 20.9 Å². The highest BCUT2D eigenvalue weighted by atomic mass is 16.6. The highest BCUT2D eigenvalue weighted by Crippen LogP contribution is 2.20. The lowest BCUT2D eigenvalue weighted by molar-refractivity contribution is -0.117. The molecule has 0 amide bonds. The van der Waals surface area contributed by atoms with E-state index in [1.54, 1.807) is 38.1 Å². The van der Waals surface area contributed by atoms with Crippen LogP contribution in [0.3, 0.4) is 0 Å². The monoisotopic (exact) mass is 392 g/mol. The molecule has 0 aromatic heterocycles. The minimum atomic E-state index is -0.943. The van der Waals surface area contributed by atoms with E-state index in [1.165, 1.54) is 0 Å². The lowest BCUT2D eigenvalue weighted by Gasteiger charge is -2.24. The van der Waals surface area contributed by atoms with Gasteiger partial charge in [0.05, 0.1) is 18.8 Å². The molecule has 1 unspecified atom stereocenters. The first-order chi connectivity index (χ1) is 14.0. The first kappa shape index (κ1) is 22.4. The normalized spacial score (nSPS) is 12.3. The van der Waals surface area contributed by atoms with Crippen LogP contribution in [0, 0.1) is 11.8 Å². The fraction of sp³-hybridized carbons (Fsp3) is 0.360. The molecular formula is C25H28O4. The summed E-state index contributed by atoms with van der Waals surface area (Å²) in [6, 6.07) is 18.8. The summed E-state index contributed by atoms with van der Waals surface area (Å²) >= 11 is 0. The van der Waals surface area contributed by atoms with Crippen molar-refractivity contribution in [3.63, 3.8) is 0 Å². The summed E-state index contributed by atoms with van der Waals surface area (Å²) in [6.45, 7) is 4.40.